The Kier molecular flexibility index (Phi) is 4.06. The third-order valence-corrected chi connectivity index (χ3v) is 3.65. The second-order valence-corrected chi connectivity index (χ2v) is 5.17. The van der Waals surface area contributed by atoms with Crippen LogP contribution in [-0.2, 0) is 0 Å². The van der Waals surface area contributed by atoms with Gasteiger partial charge in [-0.2, -0.15) is 0 Å². The Morgan fingerprint density at radius 1 is 1.35 bits per heavy atom. The van der Waals surface area contributed by atoms with E-state index >= 15 is 0 Å². The molecule has 17 heavy (non-hydrogen) atoms. The molecule has 1 fully saturated rings. The van der Waals surface area contributed by atoms with Gasteiger partial charge in [0.05, 0.1) is 0 Å². The van der Waals surface area contributed by atoms with Crippen LogP contribution in [0.3, 0.4) is 0 Å². The number of benzene rings is 1. The van der Waals surface area contributed by atoms with Gasteiger partial charge in [-0.15, -0.1) is 0 Å². The van der Waals surface area contributed by atoms with Crippen molar-refractivity contribution in [3.63, 3.8) is 0 Å². The van der Waals surface area contributed by atoms with E-state index in [9.17, 15) is 0 Å². The first-order chi connectivity index (χ1) is 8.22. The highest BCUT2D eigenvalue weighted by atomic mass is 15.1. The summed E-state index contributed by atoms with van der Waals surface area (Å²) in [5.41, 5.74) is 2.72. The Morgan fingerprint density at radius 2 is 2.06 bits per heavy atom. The maximum atomic E-state index is 3.62. The number of rotatable bonds is 6. The molecule has 0 heterocycles. The van der Waals surface area contributed by atoms with Crippen molar-refractivity contribution in [3.05, 3.63) is 29.8 Å². The van der Waals surface area contributed by atoms with Gasteiger partial charge in [-0.25, -0.2) is 0 Å². The van der Waals surface area contributed by atoms with E-state index < -0.39 is 0 Å². The molecule has 0 aliphatic heterocycles. The van der Waals surface area contributed by atoms with Gasteiger partial charge in [0.2, 0.25) is 0 Å². The smallest absolute Gasteiger partial charge is 0.0393 e. The molecule has 0 spiro atoms. The molecule has 1 aromatic rings. The van der Waals surface area contributed by atoms with Crippen molar-refractivity contribution in [2.24, 2.45) is 5.92 Å². The summed E-state index contributed by atoms with van der Waals surface area (Å²) in [5, 5.41) is 3.62. The Balaban J connectivity index is 1.99. The fraction of sp³-hybridized carbons (Fsp3) is 0.600. The summed E-state index contributed by atoms with van der Waals surface area (Å²) in [6, 6.07) is 9.29. The zero-order valence-electron chi connectivity index (χ0n) is 11.2. The summed E-state index contributed by atoms with van der Waals surface area (Å²) in [4.78, 5) is 2.39. The predicted molar refractivity (Wildman–Crippen MR) is 74.6 cm³/mol. The lowest BCUT2D eigenvalue weighted by Gasteiger charge is -2.27. The van der Waals surface area contributed by atoms with E-state index in [-0.39, 0.29) is 0 Å². The molecule has 2 heteroatoms. The Morgan fingerprint density at radius 3 is 2.65 bits per heavy atom. The van der Waals surface area contributed by atoms with Crippen molar-refractivity contribution in [1.29, 1.82) is 0 Å². The first-order valence-electron chi connectivity index (χ1n) is 6.72. The van der Waals surface area contributed by atoms with E-state index in [1.807, 2.05) is 0 Å². The normalized spacial score (nSPS) is 16.9. The minimum absolute atomic E-state index is 0.657. The Labute approximate surface area is 105 Å². The van der Waals surface area contributed by atoms with Crippen LogP contribution in [-0.4, -0.2) is 26.2 Å². The molecule has 0 saturated heterocycles. The maximum Gasteiger partial charge on any atom is 0.0393 e. The zero-order valence-corrected chi connectivity index (χ0v) is 11.2. The van der Waals surface area contributed by atoms with Crippen molar-refractivity contribution >= 4 is 5.69 Å². The maximum absolute atomic E-state index is 3.62. The quantitative estimate of drug-likeness (QED) is 0.811. The first kappa shape index (κ1) is 12.4. The number of hydrogen-bond acceptors (Lipinski definition) is 2. The van der Waals surface area contributed by atoms with E-state index in [4.69, 9.17) is 0 Å². The summed E-state index contributed by atoms with van der Waals surface area (Å²) in [6.45, 7) is 6.57. The second-order valence-electron chi connectivity index (χ2n) is 5.17. The number of nitrogens with zero attached hydrogens (tertiary/aromatic N) is 1. The molecule has 0 radical (unpaired) electrons. The van der Waals surface area contributed by atoms with Crippen LogP contribution in [0.4, 0.5) is 5.69 Å². The molecule has 1 aliphatic carbocycles. The summed E-state index contributed by atoms with van der Waals surface area (Å²) < 4.78 is 0. The highest BCUT2D eigenvalue weighted by Gasteiger charge is 2.31. The zero-order chi connectivity index (χ0) is 12.3. The fourth-order valence-corrected chi connectivity index (χ4v) is 2.53. The topological polar surface area (TPSA) is 15.3 Å². The van der Waals surface area contributed by atoms with Crippen LogP contribution in [0.2, 0.25) is 0 Å². The van der Waals surface area contributed by atoms with Gasteiger partial charge in [0.1, 0.15) is 0 Å². The lowest BCUT2D eigenvalue weighted by molar-refractivity contribution is 0.475. The average Bonchev–Trinajstić information content (AvgIpc) is 3.12. The Bertz CT molecular complexity index is 358. The molecule has 2 rings (SSSR count). The second kappa shape index (κ2) is 5.54. The van der Waals surface area contributed by atoms with Gasteiger partial charge in [-0.05, 0) is 43.9 Å². The van der Waals surface area contributed by atoms with E-state index in [1.165, 1.54) is 24.1 Å². The van der Waals surface area contributed by atoms with Crippen LogP contribution in [0.5, 0.6) is 0 Å². The highest BCUT2D eigenvalue weighted by Crippen LogP contribution is 2.33. The molecule has 1 aliphatic rings. The van der Waals surface area contributed by atoms with Gasteiger partial charge in [0.25, 0.3) is 0 Å². The van der Waals surface area contributed by atoms with Crippen LogP contribution in [0.25, 0.3) is 0 Å². The summed E-state index contributed by atoms with van der Waals surface area (Å²) in [6.07, 6.45) is 2.80. The molecule has 1 saturated carbocycles. The molecule has 1 aromatic carbocycles. The molecule has 0 aromatic heterocycles. The van der Waals surface area contributed by atoms with Gasteiger partial charge < -0.3 is 10.2 Å². The molecular weight excluding hydrogens is 208 g/mol. The molecule has 1 unspecified atom stereocenters. The lowest BCUT2D eigenvalue weighted by atomic mass is 10.1. The number of para-hydroxylation sites is 1. The van der Waals surface area contributed by atoms with Crippen molar-refractivity contribution in [2.75, 3.05) is 25.0 Å². The van der Waals surface area contributed by atoms with E-state index in [0.717, 1.165) is 19.0 Å². The third-order valence-electron chi connectivity index (χ3n) is 3.65. The van der Waals surface area contributed by atoms with E-state index in [1.54, 1.807) is 0 Å². The standard InChI is InChI=1S/C15H24N2/c1-4-16-14(13-9-10-13)11-17(3)15-8-6-5-7-12(15)2/h5-8,13-14,16H,4,9-11H2,1-3H3. The van der Waals surface area contributed by atoms with Crippen molar-refractivity contribution in [3.8, 4) is 0 Å². The van der Waals surface area contributed by atoms with Crippen LogP contribution in [0, 0.1) is 12.8 Å². The van der Waals surface area contributed by atoms with Gasteiger partial charge in [0.15, 0.2) is 0 Å². The fourth-order valence-electron chi connectivity index (χ4n) is 2.53. The minimum atomic E-state index is 0.657. The number of nitrogens with one attached hydrogen (secondary N) is 1. The highest BCUT2D eigenvalue weighted by molar-refractivity contribution is 5.52. The average molecular weight is 232 g/mol. The van der Waals surface area contributed by atoms with Crippen LogP contribution < -0.4 is 10.2 Å². The first-order valence-corrected chi connectivity index (χ1v) is 6.72. The van der Waals surface area contributed by atoms with Gasteiger partial charge in [-0.3, -0.25) is 0 Å². The number of hydrogen-bond donors (Lipinski definition) is 1. The Hall–Kier alpha value is -1.02. The third kappa shape index (κ3) is 3.22. The van der Waals surface area contributed by atoms with Crippen LogP contribution in [0.1, 0.15) is 25.3 Å². The van der Waals surface area contributed by atoms with Crippen LogP contribution >= 0.6 is 0 Å². The predicted octanol–water partition coefficient (Wildman–Crippen LogP) is 2.82. The number of likely N-dealkylation sites (N-methyl/N-ethyl adjacent to an activating group) is 2. The molecule has 1 N–H and O–H groups in total. The lowest BCUT2D eigenvalue weighted by Crippen LogP contribution is -2.41. The van der Waals surface area contributed by atoms with Crippen LogP contribution in [0.15, 0.2) is 24.3 Å². The van der Waals surface area contributed by atoms with Crippen molar-refractivity contribution in [1.82, 2.24) is 5.32 Å². The number of aryl methyl sites for hydroxylation is 1. The molecular formula is C15H24N2. The van der Waals surface area contributed by atoms with Gasteiger partial charge >= 0.3 is 0 Å². The van der Waals surface area contributed by atoms with Gasteiger partial charge in [-0.1, -0.05) is 25.1 Å². The largest absolute Gasteiger partial charge is 0.373 e. The molecule has 94 valence electrons. The van der Waals surface area contributed by atoms with Crippen molar-refractivity contribution in [2.45, 2.75) is 32.7 Å². The SMILES string of the molecule is CCNC(CN(C)c1ccccc1C)C1CC1. The van der Waals surface area contributed by atoms with Crippen molar-refractivity contribution < 1.29 is 0 Å². The molecule has 0 bridgehead atoms. The van der Waals surface area contributed by atoms with E-state index in [2.05, 4.69) is 55.4 Å². The number of anilines is 1. The summed E-state index contributed by atoms with van der Waals surface area (Å²) >= 11 is 0. The van der Waals surface area contributed by atoms with Gasteiger partial charge in [0, 0.05) is 25.3 Å². The molecule has 1 atom stereocenters. The minimum Gasteiger partial charge on any atom is -0.373 e. The molecule has 2 nitrogen and oxygen atoms in total. The summed E-state index contributed by atoms with van der Waals surface area (Å²) in [5.74, 6) is 0.904. The monoisotopic (exact) mass is 232 g/mol. The summed E-state index contributed by atoms with van der Waals surface area (Å²) in [7, 11) is 2.20. The molecule has 0 amide bonds. The van der Waals surface area contributed by atoms with E-state index in [0.29, 0.717) is 6.04 Å².